The summed E-state index contributed by atoms with van der Waals surface area (Å²) in [5.74, 6) is 2.06. The van der Waals surface area contributed by atoms with Crippen LogP contribution in [-0.4, -0.2) is 47.2 Å². The maximum atomic E-state index is 7.32. The fourth-order valence-electron chi connectivity index (χ4n) is 8.56. The van der Waals surface area contributed by atoms with E-state index in [4.69, 9.17) is 36.8 Å². The van der Waals surface area contributed by atoms with Crippen molar-refractivity contribution in [3.8, 4) is 11.5 Å². The minimum atomic E-state index is -0.838. The minimum Gasteiger partial charge on any atom is -0.486 e. The fraction of sp³-hybridized carbons (Fsp3) is 0.357. The van der Waals surface area contributed by atoms with Crippen LogP contribution in [0, 0.1) is 6.57 Å². The van der Waals surface area contributed by atoms with Crippen LogP contribution in [0.3, 0.4) is 0 Å². The normalized spacial score (nSPS) is 25.0. The Morgan fingerprint density at radius 1 is 0.836 bits per heavy atom. The number of nitrogens with zero attached hydrogens (tertiary/aromatic N) is 4. The number of hydroxylamine groups is 3. The Labute approximate surface area is 345 Å². The molecule has 0 aromatic heterocycles. The third-order valence-corrected chi connectivity index (χ3v) is 11.8. The number of halogens is 3. The Morgan fingerprint density at radius 3 is 1.98 bits per heavy atom. The van der Waals surface area contributed by atoms with E-state index >= 15 is 0 Å². The number of aryl methyl sites for hydroxylation is 2. The predicted octanol–water partition coefficient (Wildman–Crippen LogP) is 9.08. The Bertz CT molecular complexity index is 2150. The van der Waals surface area contributed by atoms with Crippen LogP contribution in [0.4, 0.5) is 0 Å². The molecule has 0 saturated carbocycles. The van der Waals surface area contributed by atoms with Gasteiger partial charge in [0.1, 0.15) is 28.4 Å². The summed E-state index contributed by atoms with van der Waals surface area (Å²) in [6, 6.07) is 29.3. The first kappa shape index (κ1) is 40.7. The standard InChI is InChI=1S/C21H22BrN3O2.C20H17BrN2O.CH5NO.ClH/c1-25-19(23)24-21(27-25)13-20(26-18-9-8-16(22)11-17(18)21)10-4-7-14-5-2-3-6-15(14)12-20;1-22-23-18-13-20(24-19-9-8-16(21)11-17(18)19)10-4-7-14-5-2-3-6-15(14)12-20;1-2-3;/h2-3,5-6,8-9,11H,4,7,10,12-13H2,1H3,(H2,23,24);2-3,5-6,8-9,11H,4,7,10,12-13H2;2-3H,1H3;1H/b;23-18-;;. The van der Waals surface area contributed by atoms with Gasteiger partial charge >= 0.3 is 0 Å². The van der Waals surface area contributed by atoms with Gasteiger partial charge in [-0.1, -0.05) is 80.4 Å². The molecule has 4 aromatic carbocycles. The molecule has 13 heteroatoms. The van der Waals surface area contributed by atoms with Crippen LogP contribution in [0.2, 0.25) is 0 Å². The lowest BCUT2D eigenvalue weighted by atomic mass is 9.79. The van der Waals surface area contributed by atoms with E-state index in [0.29, 0.717) is 18.8 Å². The van der Waals surface area contributed by atoms with Gasteiger partial charge in [-0.25, -0.2) is 20.4 Å². The van der Waals surface area contributed by atoms with Crippen molar-refractivity contribution in [3.05, 3.63) is 139 Å². The van der Waals surface area contributed by atoms with Crippen LogP contribution in [-0.2, 0) is 36.2 Å². The number of hydrogen-bond donors (Lipinski definition) is 3. The lowest BCUT2D eigenvalue weighted by Gasteiger charge is -2.45. The smallest absolute Gasteiger partial charge is 0.222 e. The number of benzene rings is 4. The third-order valence-electron chi connectivity index (χ3n) is 10.8. The number of hydrogen-bond acceptors (Lipinski definition) is 9. The average molecular weight is 893 g/mol. The van der Waals surface area contributed by atoms with Gasteiger partial charge in [0.25, 0.3) is 0 Å². The van der Waals surface area contributed by atoms with Gasteiger partial charge in [0, 0.05) is 54.3 Å². The van der Waals surface area contributed by atoms with E-state index in [9.17, 15) is 0 Å². The van der Waals surface area contributed by atoms with Crippen LogP contribution in [0.15, 0.2) is 104 Å². The van der Waals surface area contributed by atoms with E-state index in [1.807, 2.05) is 36.4 Å². The SMILES string of the molecule is CN1OC2(CC3(CCCc4ccccc4C3)Oc3ccc(Br)cc32)N=C1N.CNO.Cl.[C-]#[N+]/N=C1/CC2(CCCc3ccccc3C2)Oc2ccc(Br)cc21. The van der Waals surface area contributed by atoms with Crippen molar-refractivity contribution >= 4 is 55.9 Å². The highest BCUT2D eigenvalue weighted by Crippen LogP contribution is 2.52. The van der Waals surface area contributed by atoms with Crippen LogP contribution in [0.5, 0.6) is 11.5 Å². The second-order valence-electron chi connectivity index (χ2n) is 14.5. The second-order valence-corrected chi connectivity index (χ2v) is 16.3. The molecular weight excluding hydrogens is 848 g/mol. The van der Waals surface area contributed by atoms with Crippen LogP contribution in [0.25, 0.3) is 4.95 Å². The van der Waals surface area contributed by atoms with Gasteiger partial charge in [-0.3, -0.25) is 0 Å². The molecule has 5 aliphatic rings. The Hall–Kier alpha value is -3.96. The first-order valence-electron chi connectivity index (χ1n) is 18.2. The molecule has 2 aliphatic carbocycles. The van der Waals surface area contributed by atoms with E-state index in [0.717, 1.165) is 88.6 Å². The van der Waals surface area contributed by atoms with Gasteiger partial charge in [-0.15, -0.1) is 17.4 Å². The number of guanidine groups is 1. The topological polar surface area (TPSA) is 118 Å². The number of fused-ring (bicyclic) bond motifs is 5. The summed E-state index contributed by atoms with van der Waals surface area (Å²) in [6.07, 6.45) is 9.32. The lowest BCUT2D eigenvalue weighted by Crippen LogP contribution is -2.49. The molecule has 0 fully saturated rings. The highest BCUT2D eigenvalue weighted by molar-refractivity contribution is 9.10. The maximum Gasteiger partial charge on any atom is 0.222 e. The zero-order valence-corrected chi connectivity index (χ0v) is 34.8. The van der Waals surface area contributed by atoms with Crippen LogP contribution < -0.4 is 20.7 Å². The third kappa shape index (κ3) is 8.58. The summed E-state index contributed by atoms with van der Waals surface area (Å²) in [5.41, 5.74) is 14.6. The molecule has 4 N–H and O–H groups in total. The summed E-state index contributed by atoms with van der Waals surface area (Å²) in [4.78, 5) is 14.3. The molecule has 10 nitrogen and oxygen atoms in total. The van der Waals surface area contributed by atoms with Gasteiger partial charge < -0.3 is 20.4 Å². The first-order valence-corrected chi connectivity index (χ1v) is 19.8. The highest BCUT2D eigenvalue weighted by Gasteiger charge is 2.55. The molecule has 0 saturated heterocycles. The zero-order chi connectivity index (χ0) is 37.9. The molecule has 3 spiro atoms. The van der Waals surface area contributed by atoms with Gasteiger partial charge in [-0.05, 0) is 97.2 Å². The van der Waals surface area contributed by atoms with E-state index in [1.165, 1.54) is 29.3 Å². The summed E-state index contributed by atoms with van der Waals surface area (Å²) < 4.78 is 15.2. The van der Waals surface area contributed by atoms with Gasteiger partial charge in [0.2, 0.25) is 11.7 Å². The van der Waals surface area contributed by atoms with Crippen molar-refractivity contribution in [1.29, 1.82) is 0 Å². The summed E-state index contributed by atoms with van der Waals surface area (Å²) in [7, 11) is 3.23. The van der Waals surface area contributed by atoms with E-state index in [2.05, 4.69) is 90.4 Å². The van der Waals surface area contributed by atoms with Crippen molar-refractivity contribution in [2.75, 3.05) is 14.1 Å². The largest absolute Gasteiger partial charge is 0.486 e. The number of rotatable bonds is 0. The highest BCUT2D eigenvalue weighted by atomic mass is 79.9. The zero-order valence-electron chi connectivity index (χ0n) is 30.9. The Morgan fingerprint density at radius 2 is 1.38 bits per heavy atom. The predicted molar refractivity (Wildman–Crippen MR) is 224 cm³/mol. The van der Waals surface area contributed by atoms with Crippen LogP contribution >= 0.6 is 44.3 Å². The fourth-order valence-corrected chi connectivity index (χ4v) is 9.28. The molecule has 3 heterocycles. The number of nitrogens with two attached hydrogens (primary N) is 1. The van der Waals surface area contributed by atoms with Gasteiger partial charge in [-0.2, -0.15) is 6.57 Å². The molecule has 0 radical (unpaired) electrons. The molecule has 4 aromatic rings. The minimum absolute atomic E-state index is 0. The van der Waals surface area contributed by atoms with E-state index < -0.39 is 5.72 Å². The Kier molecular flexibility index (Phi) is 12.6. The molecule has 3 unspecified atom stereocenters. The summed E-state index contributed by atoms with van der Waals surface area (Å²) >= 11 is 7.07. The average Bonchev–Trinajstić information content (AvgIpc) is 3.25. The summed E-state index contributed by atoms with van der Waals surface area (Å²) in [6.45, 7) is 7.18. The van der Waals surface area contributed by atoms with E-state index in [-0.39, 0.29) is 23.6 Å². The lowest BCUT2D eigenvalue weighted by molar-refractivity contribution is -0.205. The van der Waals surface area contributed by atoms with Gasteiger partial charge in [0.05, 0.1) is 10.7 Å². The first-order chi connectivity index (χ1) is 26.1. The molecule has 288 valence electrons. The Balaban J connectivity index is 0.000000173. The molecule has 3 aliphatic heterocycles. The van der Waals surface area contributed by atoms with Crippen molar-refractivity contribution in [2.24, 2.45) is 15.8 Å². The van der Waals surface area contributed by atoms with Crippen molar-refractivity contribution in [3.63, 3.8) is 0 Å². The molecule has 55 heavy (non-hydrogen) atoms. The monoisotopic (exact) mass is 890 g/mol. The molecule has 0 amide bonds. The molecular formula is C42H45Br2ClN6O4. The summed E-state index contributed by atoms with van der Waals surface area (Å²) in [5, 5.41) is 13.0. The van der Waals surface area contributed by atoms with E-state index in [1.54, 1.807) is 17.6 Å². The maximum absolute atomic E-state index is 7.32. The van der Waals surface area contributed by atoms with Crippen molar-refractivity contribution in [2.45, 2.75) is 81.1 Å². The van der Waals surface area contributed by atoms with Crippen molar-refractivity contribution in [1.82, 2.24) is 10.5 Å². The second kappa shape index (κ2) is 17.0. The number of ether oxygens (including phenoxy) is 2. The molecule has 9 rings (SSSR count). The number of aliphatic imine (C=N–C) groups is 1. The van der Waals surface area contributed by atoms with Gasteiger partial charge in [0.15, 0.2) is 0 Å². The molecule has 3 atom stereocenters. The molecule has 0 bridgehead atoms. The number of nitrogens with one attached hydrogen (secondary N) is 1. The van der Waals surface area contributed by atoms with Crippen LogP contribution in [0.1, 0.15) is 71.9 Å². The van der Waals surface area contributed by atoms with Crippen molar-refractivity contribution < 1.29 is 19.5 Å². The quantitative estimate of drug-likeness (QED) is 0.119.